The molecule has 0 bridgehead atoms. The van der Waals surface area contributed by atoms with Gasteiger partial charge in [0.25, 0.3) is 0 Å². The van der Waals surface area contributed by atoms with E-state index in [2.05, 4.69) is 15.5 Å². The molecule has 5 nitrogen and oxygen atoms in total. The Morgan fingerprint density at radius 3 is 2.62 bits per heavy atom. The molecule has 0 unspecified atom stereocenters. The van der Waals surface area contributed by atoms with Crippen LogP contribution in [0.5, 0.6) is 0 Å². The molecule has 0 atom stereocenters. The maximum Gasteiger partial charge on any atom is 0.238 e. The summed E-state index contributed by atoms with van der Waals surface area (Å²) in [6.07, 6.45) is 1.47. The molecule has 1 aromatic heterocycles. The Balaban J connectivity index is 2.41. The second kappa shape index (κ2) is 3.14. The standard InChI is InChI=1S/C8H6N4O/c13-10-8-6-12(11-9-8)7-4-2-1-3-5-7/h1-6H. The zero-order chi connectivity index (χ0) is 9.10. The van der Waals surface area contributed by atoms with Gasteiger partial charge < -0.3 is 0 Å². The lowest BCUT2D eigenvalue weighted by Crippen LogP contribution is -1.93. The van der Waals surface area contributed by atoms with Crippen molar-refractivity contribution < 1.29 is 0 Å². The molecule has 0 aliphatic carbocycles. The van der Waals surface area contributed by atoms with Crippen LogP contribution in [0, 0.1) is 4.91 Å². The predicted molar refractivity (Wildman–Crippen MR) is 46.8 cm³/mol. The van der Waals surface area contributed by atoms with E-state index in [0.29, 0.717) is 0 Å². The first-order valence-corrected chi connectivity index (χ1v) is 3.71. The molecule has 1 heterocycles. The van der Waals surface area contributed by atoms with Crippen molar-refractivity contribution >= 4 is 5.82 Å². The van der Waals surface area contributed by atoms with Gasteiger partial charge in [-0.1, -0.05) is 23.4 Å². The summed E-state index contributed by atoms with van der Waals surface area (Å²) in [6, 6.07) is 9.39. The second-order valence-electron chi connectivity index (χ2n) is 2.45. The quantitative estimate of drug-likeness (QED) is 0.650. The summed E-state index contributed by atoms with van der Waals surface area (Å²) in [4.78, 5) is 10.1. The third-order valence-corrected chi connectivity index (χ3v) is 1.60. The SMILES string of the molecule is O=Nc1cn(-c2ccccc2)nn1. The number of benzene rings is 1. The lowest BCUT2D eigenvalue weighted by atomic mass is 10.3. The van der Waals surface area contributed by atoms with E-state index in [9.17, 15) is 4.91 Å². The average molecular weight is 174 g/mol. The van der Waals surface area contributed by atoms with E-state index in [-0.39, 0.29) is 5.82 Å². The minimum Gasteiger partial charge on any atom is -0.218 e. The van der Waals surface area contributed by atoms with Crippen LogP contribution >= 0.6 is 0 Å². The summed E-state index contributed by atoms with van der Waals surface area (Å²) in [5.41, 5.74) is 0.852. The summed E-state index contributed by atoms with van der Waals surface area (Å²) >= 11 is 0. The maximum atomic E-state index is 10.1. The van der Waals surface area contributed by atoms with Crippen molar-refractivity contribution in [2.45, 2.75) is 0 Å². The number of rotatable bonds is 2. The molecule has 0 N–H and O–H groups in total. The van der Waals surface area contributed by atoms with E-state index < -0.39 is 0 Å². The Morgan fingerprint density at radius 1 is 1.23 bits per heavy atom. The third-order valence-electron chi connectivity index (χ3n) is 1.60. The van der Waals surface area contributed by atoms with Crippen molar-refractivity contribution in [2.75, 3.05) is 0 Å². The molecule has 0 aliphatic rings. The van der Waals surface area contributed by atoms with Crippen molar-refractivity contribution in [3.63, 3.8) is 0 Å². The molecule has 0 amide bonds. The summed E-state index contributed by atoms with van der Waals surface area (Å²) in [5.74, 6) is 0.0869. The van der Waals surface area contributed by atoms with Gasteiger partial charge >= 0.3 is 0 Å². The fourth-order valence-corrected chi connectivity index (χ4v) is 1.00. The van der Waals surface area contributed by atoms with E-state index in [1.165, 1.54) is 10.9 Å². The highest BCUT2D eigenvalue weighted by atomic mass is 16.3. The Labute approximate surface area is 74.0 Å². The predicted octanol–water partition coefficient (Wildman–Crippen LogP) is 1.67. The van der Waals surface area contributed by atoms with Gasteiger partial charge in [0, 0.05) is 0 Å². The summed E-state index contributed by atoms with van der Waals surface area (Å²) in [5, 5.41) is 9.95. The van der Waals surface area contributed by atoms with Crippen LogP contribution in [0.15, 0.2) is 41.7 Å². The topological polar surface area (TPSA) is 60.1 Å². The van der Waals surface area contributed by atoms with Crippen LogP contribution < -0.4 is 0 Å². The van der Waals surface area contributed by atoms with Gasteiger partial charge in [-0.05, 0) is 17.3 Å². The number of aromatic nitrogens is 3. The molecule has 0 aliphatic heterocycles. The van der Waals surface area contributed by atoms with E-state index in [1.807, 2.05) is 30.3 Å². The lowest BCUT2D eigenvalue weighted by molar-refractivity contribution is 0.803. The summed E-state index contributed by atoms with van der Waals surface area (Å²) in [7, 11) is 0. The molecule has 0 saturated carbocycles. The van der Waals surface area contributed by atoms with Crippen LogP contribution in [-0.4, -0.2) is 15.0 Å². The Bertz CT molecular complexity index is 409. The number of nitrogens with zero attached hydrogens (tertiary/aromatic N) is 4. The molecule has 0 saturated heterocycles. The van der Waals surface area contributed by atoms with E-state index in [0.717, 1.165) is 5.69 Å². The molecule has 13 heavy (non-hydrogen) atoms. The molecular formula is C8H6N4O. The van der Waals surface area contributed by atoms with E-state index in [4.69, 9.17) is 0 Å². The largest absolute Gasteiger partial charge is 0.238 e. The van der Waals surface area contributed by atoms with Gasteiger partial charge in [-0.15, -0.1) is 10.0 Å². The molecular weight excluding hydrogens is 168 g/mol. The molecule has 2 aromatic rings. The van der Waals surface area contributed by atoms with Crippen LogP contribution in [0.25, 0.3) is 5.69 Å². The zero-order valence-electron chi connectivity index (χ0n) is 6.66. The molecule has 5 heteroatoms. The van der Waals surface area contributed by atoms with Crippen LogP contribution in [0.1, 0.15) is 0 Å². The highest BCUT2D eigenvalue weighted by Gasteiger charge is 2.00. The zero-order valence-corrected chi connectivity index (χ0v) is 6.66. The second-order valence-corrected chi connectivity index (χ2v) is 2.45. The first-order chi connectivity index (χ1) is 6.40. The monoisotopic (exact) mass is 174 g/mol. The highest BCUT2D eigenvalue weighted by Crippen LogP contribution is 2.09. The van der Waals surface area contributed by atoms with Crippen LogP contribution in [0.4, 0.5) is 5.82 Å². The number of hydrogen-bond acceptors (Lipinski definition) is 4. The van der Waals surface area contributed by atoms with Crippen molar-refractivity contribution in [2.24, 2.45) is 5.18 Å². The summed E-state index contributed by atoms with van der Waals surface area (Å²) < 4.78 is 1.50. The number of hydrogen-bond donors (Lipinski definition) is 0. The molecule has 0 fully saturated rings. The Morgan fingerprint density at radius 2 is 2.00 bits per heavy atom. The van der Waals surface area contributed by atoms with Crippen molar-refractivity contribution in [1.82, 2.24) is 15.0 Å². The smallest absolute Gasteiger partial charge is 0.218 e. The first kappa shape index (κ1) is 7.60. The van der Waals surface area contributed by atoms with Crippen molar-refractivity contribution in [1.29, 1.82) is 0 Å². The van der Waals surface area contributed by atoms with Crippen molar-refractivity contribution in [3.05, 3.63) is 41.4 Å². The van der Waals surface area contributed by atoms with E-state index in [1.54, 1.807) is 0 Å². The van der Waals surface area contributed by atoms with Gasteiger partial charge in [-0.3, -0.25) is 0 Å². The third kappa shape index (κ3) is 1.44. The number of nitroso groups, excluding NO2 is 1. The minimum absolute atomic E-state index is 0.0869. The highest BCUT2D eigenvalue weighted by molar-refractivity contribution is 5.32. The molecule has 64 valence electrons. The van der Waals surface area contributed by atoms with Crippen LogP contribution in [0.3, 0.4) is 0 Å². The fraction of sp³-hybridized carbons (Fsp3) is 0. The molecule has 2 rings (SSSR count). The summed E-state index contributed by atoms with van der Waals surface area (Å²) in [6.45, 7) is 0. The van der Waals surface area contributed by atoms with Gasteiger partial charge in [-0.2, -0.15) is 0 Å². The maximum absolute atomic E-state index is 10.1. The Hall–Kier alpha value is -2.04. The average Bonchev–Trinajstić information content (AvgIpc) is 2.67. The molecule has 0 radical (unpaired) electrons. The van der Waals surface area contributed by atoms with Gasteiger partial charge in [0.15, 0.2) is 0 Å². The Kier molecular flexibility index (Phi) is 1.84. The normalized spacial score (nSPS) is 9.85. The van der Waals surface area contributed by atoms with Crippen LogP contribution in [-0.2, 0) is 0 Å². The molecule has 0 spiro atoms. The van der Waals surface area contributed by atoms with Crippen molar-refractivity contribution in [3.8, 4) is 5.69 Å². The van der Waals surface area contributed by atoms with Gasteiger partial charge in [0.2, 0.25) is 5.82 Å². The lowest BCUT2D eigenvalue weighted by Gasteiger charge is -1.96. The minimum atomic E-state index is 0.0869. The molecule has 1 aromatic carbocycles. The van der Waals surface area contributed by atoms with Gasteiger partial charge in [0.05, 0.1) is 11.9 Å². The van der Waals surface area contributed by atoms with Crippen LogP contribution in [0.2, 0.25) is 0 Å². The fourth-order valence-electron chi connectivity index (χ4n) is 1.00. The van der Waals surface area contributed by atoms with Gasteiger partial charge in [-0.25, -0.2) is 4.68 Å². The van der Waals surface area contributed by atoms with Gasteiger partial charge in [0.1, 0.15) is 0 Å². The number of para-hydroxylation sites is 1. The van der Waals surface area contributed by atoms with E-state index >= 15 is 0 Å². The first-order valence-electron chi connectivity index (χ1n) is 3.71.